The molecule has 0 unspecified atom stereocenters. The smallest absolute Gasteiger partial charge is 0.344 e. The van der Waals surface area contributed by atoms with Crippen LogP contribution in [0.2, 0.25) is 0 Å². The van der Waals surface area contributed by atoms with Crippen molar-refractivity contribution in [2.75, 3.05) is 34.0 Å². The number of hydrogen-bond acceptors (Lipinski definition) is 10. The Kier molecular flexibility index (Phi) is 11.7. The van der Waals surface area contributed by atoms with E-state index in [0.717, 1.165) is 10.9 Å². The molecule has 234 valence electrons. The number of methoxy groups -OCH3 is 2. The van der Waals surface area contributed by atoms with Gasteiger partial charge in [-0.05, 0) is 84.8 Å². The van der Waals surface area contributed by atoms with Crippen LogP contribution in [0.4, 0.5) is 0 Å². The van der Waals surface area contributed by atoms with E-state index >= 15 is 0 Å². The minimum absolute atomic E-state index is 0.175. The quantitative estimate of drug-likeness (QED) is 0.188. The second-order valence-corrected chi connectivity index (χ2v) is 12.5. The first kappa shape index (κ1) is 33.7. The molecule has 13 heteroatoms. The maximum Gasteiger partial charge on any atom is 0.344 e. The molecule has 1 aromatic heterocycles. The van der Waals surface area contributed by atoms with Crippen molar-refractivity contribution in [3.05, 3.63) is 80.5 Å². The van der Waals surface area contributed by atoms with E-state index in [1.807, 2.05) is 25.1 Å². The van der Waals surface area contributed by atoms with Crippen LogP contribution in [-0.4, -0.2) is 50.5 Å². The molecular weight excluding hydrogens is 767 g/mol. The molecule has 0 radical (unpaired) electrons. The number of esters is 2. The van der Waals surface area contributed by atoms with Crippen LogP contribution in [0, 0.1) is 3.57 Å². The van der Waals surface area contributed by atoms with E-state index in [1.54, 1.807) is 39.2 Å². The van der Waals surface area contributed by atoms with Gasteiger partial charge in [-0.15, -0.1) is 0 Å². The first-order valence-electron chi connectivity index (χ1n) is 13.9. The van der Waals surface area contributed by atoms with E-state index < -0.39 is 18.0 Å². The molecular formula is C31H32BrIN2O8S. The predicted molar refractivity (Wildman–Crippen MR) is 178 cm³/mol. The highest BCUT2D eigenvalue weighted by Crippen LogP contribution is 2.38. The van der Waals surface area contributed by atoms with Gasteiger partial charge in [0.2, 0.25) is 0 Å². The van der Waals surface area contributed by atoms with E-state index in [4.69, 9.17) is 28.7 Å². The number of benzene rings is 2. The SMILES string of the molecule is CCCC1=C(C(=O)OCC)[C@H](c2cc(Br)ccc2OC)n2c(s/c(=C/c3cc(I)c(OCC(=O)OCC)c(OC)c3)c2=O)=N1. The lowest BCUT2D eigenvalue weighted by atomic mass is 9.93. The molecule has 10 nitrogen and oxygen atoms in total. The van der Waals surface area contributed by atoms with E-state index in [1.165, 1.54) is 23.0 Å². The normalized spacial score (nSPS) is 14.5. The Balaban J connectivity index is 1.92. The van der Waals surface area contributed by atoms with Crippen molar-refractivity contribution in [3.8, 4) is 17.2 Å². The monoisotopic (exact) mass is 798 g/mol. The van der Waals surface area contributed by atoms with E-state index in [2.05, 4.69) is 38.5 Å². The summed E-state index contributed by atoms with van der Waals surface area (Å²) in [6.07, 6.45) is 3.00. The van der Waals surface area contributed by atoms with Crippen LogP contribution in [0.1, 0.15) is 50.8 Å². The van der Waals surface area contributed by atoms with Crippen LogP contribution in [0.3, 0.4) is 0 Å². The first-order valence-corrected chi connectivity index (χ1v) is 16.6. The maximum atomic E-state index is 14.2. The Bertz CT molecular complexity index is 1780. The van der Waals surface area contributed by atoms with Crippen molar-refractivity contribution in [2.24, 2.45) is 4.99 Å². The minimum atomic E-state index is -0.824. The van der Waals surface area contributed by atoms with Crippen LogP contribution < -0.4 is 29.1 Å². The molecule has 44 heavy (non-hydrogen) atoms. The van der Waals surface area contributed by atoms with Crippen molar-refractivity contribution in [1.29, 1.82) is 0 Å². The Labute approximate surface area is 280 Å². The highest BCUT2D eigenvalue weighted by Gasteiger charge is 2.36. The number of rotatable bonds is 12. The van der Waals surface area contributed by atoms with Gasteiger partial charge in [-0.25, -0.2) is 14.6 Å². The van der Waals surface area contributed by atoms with Crippen LogP contribution in [0.5, 0.6) is 17.2 Å². The van der Waals surface area contributed by atoms with E-state index in [9.17, 15) is 14.4 Å². The number of carbonyl (C=O) groups excluding carboxylic acids is 2. The van der Waals surface area contributed by atoms with Crippen LogP contribution in [0.15, 0.2) is 55.9 Å². The zero-order valence-corrected chi connectivity index (χ0v) is 29.5. The fourth-order valence-electron chi connectivity index (χ4n) is 4.78. The third-order valence-corrected chi connectivity index (χ3v) is 8.85. The first-order chi connectivity index (χ1) is 21.2. The number of thiazole rings is 1. The van der Waals surface area contributed by atoms with Gasteiger partial charge >= 0.3 is 11.9 Å². The van der Waals surface area contributed by atoms with Crippen molar-refractivity contribution in [2.45, 2.75) is 39.7 Å². The lowest BCUT2D eigenvalue weighted by molar-refractivity contribution is -0.145. The van der Waals surface area contributed by atoms with Crippen molar-refractivity contribution in [1.82, 2.24) is 4.57 Å². The van der Waals surface area contributed by atoms with Gasteiger partial charge in [-0.3, -0.25) is 9.36 Å². The van der Waals surface area contributed by atoms with Gasteiger partial charge in [0.25, 0.3) is 5.56 Å². The molecule has 0 aliphatic carbocycles. The largest absolute Gasteiger partial charge is 0.496 e. The number of fused-ring (bicyclic) bond motifs is 1. The maximum absolute atomic E-state index is 14.2. The van der Waals surface area contributed by atoms with Gasteiger partial charge in [-0.2, -0.15) is 0 Å². The third kappa shape index (κ3) is 7.20. The third-order valence-electron chi connectivity index (χ3n) is 6.57. The summed E-state index contributed by atoms with van der Waals surface area (Å²) in [4.78, 5) is 44.8. The Morgan fingerprint density at radius 3 is 2.45 bits per heavy atom. The molecule has 2 heterocycles. The molecule has 0 N–H and O–H groups in total. The Morgan fingerprint density at radius 2 is 1.80 bits per heavy atom. The molecule has 0 amide bonds. The fraction of sp³-hybridized carbons (Fsp3) is 0.355. The zero-order chi connectivity index (χ0) is 32.0. The molecule has 4 rings (SSSR count). The van der Waals surface area contributed by atoms with Gasteiger partial charge in [0, 0.05) is 10.0 Å². The number of allylic oxidation sites excluding steroid dienone is 1. The summed E-state index contributed by atoms with van der Waals surface area (Å²) in [7, 11) is 3.05. The van der Waals surface area contributed by atoms with Crippen molar-refractivity contribution < 1.29 is 33.3 Å². The van der Waals surface area contributed by atoms with Crippen LogP contribution >= 0.6 is 49.9 Å². The number of hydrogen-bond donors (Lipinski definition) is 0. The van der Waals surface area contributed by atoms with Crippen molar-refractivity contribution >= 4 is 67.9 Å². The highest BCUT2D eigenvalue weighted by molar-refractivity contribution is 14.1. The summed E-state index contributed by atoms with van der Waals surface area (Å²) >= 11 is 6.85. The lowest BCUT2D eigenvalue weighted by Crippen LogP contribution is -2.40. The molecule has 1 aliphatic rings. The molecule has 0 spiro atoms. The fourth-order valence-corrected chi connectivity index (χ4v) is 6.96. The standard InChI is InChI=1S/C31H32BrIN2O8S/c1-6-9-21-26(30(38)42-8-3)27(19-15-18(32)10-11-22(19)39-4)35-29(37)24(44-31(35)34-21)14-17-12-20(33)28(23(13-17)40-5)43-16-25(36)41-7-2/h10-15,27H,6-9,16H2,1-5H3/b24-14+/t27-/m0/s1. The summed E-state index contributed by atoms with van der Waals surface area (Å²) < 4.78 is 30.7. The molecule has 2 aromatic carbocycles. The summed E-state index contributed by atoms with van der Waals surface area (Å²) in [6.45, 7) is 5.63. The topological polar surface area (TPSA) is 115 Å². The molecule has 0 saturated heterocycles. The number of ether oxygens (including phenoxy) is 5. The number of halogens is 2. The summed E-state index contributed by atoms with van der Waals surface area (Å²) in [6, 6.07) is 8.19. The molecule has 1 atom stereocenters. The molecule has 0 bridgehead atoms. The van der Waals surface area contributed by atoms with Crippen LogP contribution in [0.25, 0.3) is 6.08 Å². The summed E-state index contributed by atoms with van der Waals surface area (Å²) in [5.41, 5.74) is 1.86. The highest BCUT2D eigenvalue weighted by atomic mass is 127. The van der Waals surface area contributed by atoms with Gasteiger partial charge in [-0.1, -0.05) is 40.6 Å². The Morgan fingerprint density at radius 1 is 1.07 bits per heavy atom. The van der Waals surface area contributed by atoms with Gasteiger partial charge in [0.15, 0.2) is 22.9 Å². The molecule has 3 aromatic rings. The Hall–Kier alpha value is -3.17. The number of carbonyl (C=O) groups is 2. The van der Waals surface area contributed by atoms with Gasteiger partial charge in [0.1, 0.15) is 11.8 Å². The predicted octanol–water partition coefficient (Wildman–Crippen LogP) is 4.90. The molecule has 0 fully saturated rings. The lowest BCUT2D eigenvalue weighted by Gasteiger charge is -2.27. The number of aromatic nitrogens is 1. The zero-order valence-electron chi connectivity index (χ0n) is 24.9. The van der Waals surface area contributed by atoms with E-state index in [0.29, 0.717) is 59.0 Å². The second kappa shape index (κ2) is 15.2. The van der Waals surface area contributed by atoms with Crippen LogP contribution in [-0.2, 0) is 19.1 Å². The van der Waals surface area contributed by atoms with Crippen molar-refractivity contribution in [3.63, 3.8) is 0 Å². The van der Waals surface area contributed by atoms with Gasteiger partial charge in [0.05, 0.1) is 46.8 Å². The van der Waals surface area contributed by atoms with Gasteiger partial charge < -0.3 is 23.7 Å². The van der Waals surface area contributed by atoms with E-state index in [-0.39, 0.29) is 25.4 Å². The average molecular weight is 799 g/mol. The summed E-state index contributed by atoms with van der Waals surface area (Å²) in [5.74, 6) is 0.289. The average Bonchev–Trinajstić information content (AvgIpc) is 3.30. The minimum Gasteiger partial charge on any atom is -0.496 e. The second-order valence-electron chi connectivity index (χ2n) is 9.43. The molecule has 1 aliphatic heterocycles. The number of nitrogens with zero attached hydrogens (tertiary/aromatic N) is 2. The molecule has 0 saturated carbocycles. The summed E-state index contributed by atoms with van der Waals surface area (Å²) in [5, 5.41) is 0.